The molecule has 3 rings (SSSR count). The van der Waals surface area contributed by atoms with E-state index in [2.05, 4.69) is 20.2 Å². The van der Waals surface area contributed by atoms with Gasteiger partial charge in [-0.15, -0.1) is 0 Å². The lowest BCUT2D eigenvalue weighted by atomic mass is 10.2. The SMILES string of the molecule is O=CN1CCN(c2nccc(NCc3ccc(F)cc3)n2)CC1. The normalized spacial score (nSPS) is 14.7. The number of carbonyl (C=O) groups excluding carboxylic acids is 1. The zero-order valence-corrected chi connectivity index (χ0v) is 12.7. The number of rotatable bonds is 5. The van der Waals surface area contributed by atoms with Crippen molar-refractivity contribution >= 4 is 18.2 Å². The van der Waals surface area contributed by atoms with Crippen LogP contribution >= 0.6 is 0 Å². The number of nitrogens with zero attached hydrogens (tertiary/aromatic N) is 4. The summed E-state index contributed by atoms with van der Waals surface area (Å²) in [6.45, 7) is 3.37. The van der Waals surface area contributed by atoms with Gasteiger partial charge < -0.3 is 15.1 Å². The molecule has 0 bridgehead atoms. The Kier molecular flexibility index (Phi) is 4.65. The molecule has 7 heteroatoms. The van der Waals surface area contributed by atoms with Crippen molar-refractivity contribution in [2.45, 2.75) is 6.54 Å². The van der Waals surface area contributed by atoms with E-state index < -0.39 is 0 Å². The molecule has 1 fully saturated rings. The minimum absolute atomic E-state index is 0.243. The van der Waals surface area contributed by atoms with Crippen LogP contribution in [0.5, 0.6) is 0 Å². The van der Waals surface area contributed by atoms with E-state index >= 15 is 0 Å². The lowest BCUT2D eigenvalue weighted by molar-refractivity contribution is -0.118. The van der Waals surface area contributed by atoms with E-state index in [1.165, 1.54) is 12.1 Å². The topological polar surface area (TPSA) is 61.4 Å². The quantitative estimate of drug-likeness (QED) is 0.848. The smallest absolute Gasteiger partial charge is 0.227 e. The second-order valence-electron chi connectivity index (χ2n) is 5.35. The Hall–Kier alpha value is -2.70. The average molecular weight is 315 g/mol. The summed E-state index contributed by atoms with van der Waals surface area (Å²) in [6, 6.07) is 8.16. The molecule has 0 saturated carbocycles. The van der Waals surface area contributed by atoms with Gasteiger partial charge in [0.1, 0.15) is 11.6 Å². The summed E-state index contributed by atoms with van der Waals surface area (Å²) < 4.78 is 12.9. The summed E-state index contributed by atoms with van der Waals surface area (Å²) in [5.41, 5.74) is 0.978. The molecule has 0 atom stereocenters. The molecule has 1 aromatic heterocycles. The third-order valence-electron chi connectivity index (χ3n) is 3.78. The first-order valence-corrected chi connectivity index (χ1v) is 7.50. The van der Waals surface area contributed by atoms with Crippen molar-refractivity contribution in [2.75, 3.05) is 36.4 Å². The number of aromatic nitrogens is 2. The van der Waals surface area contributed by atoms with Crippen molar-refractivity contribution in [3.63, 3.8) is 0 Å². The highest BCUT2D eigenvalue weighted by Gasteiger charge is 2.17. The molecule has 1 aromatic carbocycles. The predicted octanol–water partition coefficient (Wildman–Crippen LogP) is 1.51. The number of amides is 1. The molecule has 0 spiro atoms. The van der Waals surface area contributed by atoms with Crippen molar-refractivity contribution in [1.29, 1.82) is 0 Å². The van der Waals surface area contributed by atoms with Crippen LogP contribution in [-0.4, -0.2) is 47.5 Å². The summed E-state index contributed by atoms with van der Waals surface area (Å²) in [6.07, 6.45) is 2.58. The number of benzene rings is 1. The van der Waals surface area contributed by atoms with Crippen LogP contribution in [0.4, 0.5) is 16.2 Å². The van der Waals surface area contributed by atoms with E-state index in [0.717, 1.165) is 30.9 Å². The Morgan fingerprint density at radius 1 is 1.13 bits per heavy atom. The Morgan fingerprint density at radius 2 is 1.87 bits per heavy atom. The zero-order valence-electron chi connectivity index (χ0n) is 12.7. The maximum Gasteiger partial charge on any atom is 0.227 e. The molecule has 0 aliphatic carbocycles. The van der Waals surface area contributed by atoms with Gasteiger partial charge in [-0.1, -0.05) is 12.1 Å². The molecule has 1 aliphatic heterocycles. The summed E-state index contributed by atoms with van der Waals surface area (Å²) in [5, 5.41) is 3.21. The van der Waals surface area contributed by atoms with Crippen LogP contribution in [0.25, 0.3) is 0 Å². The van der Waals surface area contributed by atoms with Crippen LogP contribution in [0.15, 0.2) is 36.5 Å². The molecular formula is C16H18FN5O. The van der Waals surface area contributed by atoms with E-state index in [9.17, 15) is 9.18 Å². The predicted molar refractivity (Wildman–Crippen MR) is 85.6 cm³/mol. The van der Waals surface area contributed by atoms with E-state index in [0.29, 0.717) is 25.6 Å². The van der Waals surface area contributed by atoms with E-state index in [1.807, 2.05) is 0 Å². The standard InChI is InChI=1S/C16H18FN5O/c17-14-3-1-13(2-4-14)11-19-15-5-6-18-16(20-15)22-9-7-21(12-23)8-10-22/h1-6,12H,7-11H2,(H,18,19,20). The van der Waals surface area contributed by atoms with Crippen molar-refractivity contribution in [3.8, 4) is 0 Å². The Bertz CT molecular complexity index is 656. The molecular weight excluding hydrogens is 297 g/mol. The number of piperazine rings is 1. The Morgan fingerprint density at radius 3 is 2.57 bits per heavy atom. The molecule has 120 valence electrons. The Labute approximate surface area is 134 Å². The molecule has 1 amide bonds. The van der Waals surface area contributed by atoms with Gasteiger partial charge in [0.25, 0.3) is 0 Å². The number of anilines is 2. The fraction of sp³-hybridized carbons (Fsp3) is 0.312. The molecule has 0 unspecified atom stereocenters. The van der Waals surface area contributed by atoms with Crippen molar-refractivity contribution < 1.29 is 9.18 Å². The highest BCUT2D eigenvalue weighted by molar-refractivity contribution is 5.49. The van der Waals surface area contributed by atoms with Crippen LogP contribution < -0.4 is 10.2 Å². The van der Waals surface area contributed by atoms with Crippen molar-refractivity contribution in [2.24, 2.45) is 0 Å². The van der Waals surface area contributed by atoms with Crippen molar-refractivity contribution in [3.05, 3.63) is 47.9 Å². The number of carbonyl (C=O) groups is 1. The van der Waals surface area contributed by atoms with Gasteiger partial charge in [0.05, 0.1) is 0 Å². The molecule has 2 heterocycles. The van der Waals surface area contributed by atoms with Gasteiger partial charge in [-0.3, -0.25) is 4.79 Å². The number of hydrogen-bond donors (Lipinski definition) is 1. The largest absolute Gasteiger partial charge is 0.366 e. The van der Waals surface area contributed by atoms with Gasteiger partial charge in [0.15, 0.2) is 0 Å². The highest BCUT2D eigenvalue weighted by atomic mass is 19.1. The lowest BCUT2D eigenvalue weighted by Gasteiger charge is -2.32. The maximum absolute atomic E-state index is 12.9. The summed E-state index contributed by atoms with van der Waals surface area (Å²) in [7, 11) is 0. The fourth-order valence-electron chi connectivity index (χ4n) is 2.42. The van der Waals surface area contributed by atoms with Gasteiger partial charge in [-0.2, -0.15) is 4.98 Å². The van der Waals surface area contributed by atoms with Gasteiger partial charge in [0.2, 0.25) is 12.4 Å². The van der Waals surface area contributed by atoms with Gasteiger partial charge in [-0.05, 0) is 23.8 Å². The van der Waals surface area contributed by atoms with Gasteiger partial charge >= 0.3 is 0 Å². The molecule has 1 N–H and O–H groups in total. The minimum atomic E-state index is -0.243. The summed E-state index contributed by atoms with van der Waals surface area (Å²) >= 11 is 0. The maximum atomic E-state index is 12.9. The Balaban J connectivity index is 1.61. The monoisotopic (exact) mass is 315 g/mol. The molecule has 6 nitrogen and oxygen atoms in total. The van der Waals surface area contributed by atoms with Crippen LogP contribution in [0, 0.1) is 5.82 Å². The van der Waals surface area contributed by atoms with Crippen LogP contribution in [0.3, 0.4) is 0 Å². The lowest BCUT2D eigenvalue weighted by Crippen LogP contribution is -2.46. The van der Waals surface area contributed by atoms with Crippen LogP contribution in [-0.2, 0) is 11.3 Å². The highest BCUT2D eigenvalue weighted by Crippen LogP contribution is 2.14. The molecule has 23 heavy (non-hydrogen) atoms. The first kappa shape index (κ1) is 15.2. The molecule has 1 saturated heterocycles. The summed E-state index contributed by atoms with van der Waals surface area (Å²) in [5.74, 6) is 1.13. The van der Waals surface area contributed by atoms with Crippen LogP contribution in [0.2, 0.25) is 0 Å². The zero-order chi connectivity index (χ0) is 16.1. The van der Waals surface area contributed by atoms with Gasteiger partial charge in [-0.25, -0.2) is 9.37 Å². The first-order chi connectivity index (χ1) is 11.2. The number of halogens is 1. The van der Waals surface area contributed by atoms with Crippen molar-refractivity contribution in [1.82, 2.24) is 14.9 Å². The third kappa shape index (κ3) is 3.94. The van der Waals surface area contributed by atoms with E-state index in [4.69, 9.17) is 0 Å². The first-order valence-electron chi connectivity index (χ1n) is 7.50. The van der Waals surface area contributed by atoms with Gasteiger partial charge in [0, 0.05) is 38.9 Å². The summed E-state index contributed by atoms with van der Waals surface area (Å²) in [4.78, 5) is 23.3. The molecule has 2 aromatic rings. The average Bonchev–Trinajstić information content (AvgIpc) is 2.61. The number of nitrogens with one attached hydrogen (secondary N) is 1. The van der Waals surface area contributed by atoms with Crippen LogP contribution in [0.1, 0.15) is 5.56 Å². The second-order valence-corrected chi connectivity index (χ2v) is 5.35. The van der Waals surface area contributed by atoms with E-state index in [1.54, 1.807) is 29.3 Å². The second kappa shape index (κ2) is 7.04. The molecule has 1 aliphatic rings. The molecule has 0 radical (unpaired) electrons. The third-order valence-corrected chi connectivity index (χ3v) is 3.78. The van der Waals surface area contributed by atoms with E-state index in [-0.39, 0.29) is 5.82 Å². The minimum Gasteiger partial charge on any atom is -0.366 e. The fourth-order valence-corrected chi connectivity index (χ4v) is 2.42. The number of hydrogen-bond acceptors (Lipinski definition) is 5.